The van der Waals surface area contributed by atoms with Gasteiger partial charge in [0.1, 0.15) is 5.58 Å². The number of benzene rings is 1. The number of para-hydroxylation sites is 1. The van der Waals surface area contributed by atoms with E-state index in [1.165, 1.54) is 11.3 Å². The molecule has 0 amide bonds. The summed E-state index contributed by atoms with van der Waals surface area (Å²) in [7, 11) is 0. The first-order chi connectivity index (χ1) is 8.66. The number of hydrogen-bond acceptors (Lipinski definition) is 3. The van der Waals surface area contributed by atoms with Crippen LogP contribution in [0.2, 0.25) is 0 Å². The topological polar surface area (TPSA) is 30.2 Å². The number of rotatable bonds is 2. The maximum atomic E-state index is 12.3. The number of carbonyl (C=O) groups is 1. The van der Waals surface area contributed by atoms with Crippen molar-refractivity contribution in [2.24, 2.45) is 0 Å². The summed E-state index contributed by atoms with van der Waals surface area (Å²) < 4.78 is 5.69. The highest BCUT2D eigenvalue weighted by Crippen LogP contribution is 2.25. The Labute approximate surface area is 109 Å². The minimum absolute atomic E-state index is 0.0376. The first kappa shape index (κ1) is 11.2. The van der Waals surface area contributed by atoms with Crippen molar-refractivity contribution in [1.29, 1.82) is 0 Å². The molecule has 2 nitrogen and oxygen atoms in total. The summed E-state index contributed by atoms with van der Waals surface area (Å²) in [5, 5.41) is 4.82. The molecule has 0 bridgehead atoms. The van der Waals surface area contributed by atoms with Gasteiger partial charge in [0.15, 0.2) is 5.76 Å². The molecule has 3 rings (SSSR count). The van der Waals surface area contributed by atoms with E-state index in [1.54, 1.807) is 0 Å². The number of thiophene rings is 1. The summed E-state index contributed by atoms with van der Waals surface area (Å²) in [6.07, 6.45) is 0. The van der Waals surface area contributed by atoms with Gasteiger partial charge >= 0.3 is 0 Å². The van der Waals surface area contributed by atoms with Crippen molar-refractivity contribution >= 4 is 28.1 Å². The lowest BCUT2D eigenvalue weighted by molar-refractivity contribution is 0.101. The fourth-order valence-corrected chi connectivity index (χ4v) is 2.87. The number of furan rings is 1. The fourth-order valence-electron chi connectivity index (χ4n) is 2.05. The molecule has 0 unspecified atom stereocenters. The van der Waals surface area contributed by atoms with Gasteiger partial charge in [-0.1, -0.05) is 18.2 Å². The Kier molecular flexibility index (Phi) is 2.56. The molecule has 18 heavy (non-hydrogen) atoms. The van der Waals surface area contributed by atoms with Gasteiger partial charge in [-0.2, -0.15) is 11.3 Å². The van der Waals surface area contributed by atoms with Crippen molar-refractivity contribution < 1.29 is 9.21 Å². The predicted octanol–water partition coefficient (Wildman–Crippen LogP) is 4.34. The summed E-state index contributed by atoms with van der Waals surface area (Å²) in [5.41, 5.74) is 3.58. The fraction of sp³-hybridized carbons (Fsp3) is 0.133. The van der Waals surface area contributed by atoms with Crippen LogP contribution in [-0.2, 0) is 0 Å². The van der Waals surface area contributed by atoms with Gasteiger partial charge in [-0.3, -0.25) is 4.79 Å². The molecule has 3 heteroatoms. The second kappa shape index (κ2) is 4.10. The molecule has 0 aliphatic rings. The zero-order chi connectivity index (χ0) is 12.7. The summed E-state index contributed by atoms with van der Waals surface area (Å²) >= 11 is 1.54. The van der Waals surface area contributed by atoms with Crippen LogP contribution in [0.25, 0.3) is 11.0 Å². The Morgan fingerprint density at radius 3 is 2.67 bits per heavy atom. The van der Waals surface area contributed by atoms with Crippen LogP contribution in [0.3, 0.4) is 0 Å². The first-order valence-corrected chi connectivity index (χ1v) is 6.68. The molecule has 0 saturated heterocycles. The van der Waals surface area contributed by atoms with Gasteiger partial charge < -0.3 is 4.42 Å². The van der Waals surface area contributed by atoms with Gasteiger partial charge in [0, 0.05) is 16.3 Å². The molecule has 0 N–H and O–H groups in total. The Balaban J connectivity index is 2.13. The summed E-state index contributed by atoms with van der Waals surface area (Å²) in [5.74, 6) is 0.380. The minimum Gasteiger partial charge on any atom is -0.452 e. The SMILES string of the molecule is Cc1cscc1C(=O)c1cc2cccc(C)c2o1. The van der Waals surface area contributed by atoms with Crippen molar-refractivity contribution in [3.05, 3.63) is 57.5 Å². The molecule has 0 aliphatic heterocycles. The van der Waals surface area contributed by atoms with Crippen molar-refractivity contribution in [2.75, 3.05) is 0 Å². The third-order valence-electron chi connectivity index (χ3n) is 3.06. The Bertz CT molecular complexity index is 734. The average molecular weight is 256 g/mol. The van der Waals surface area contributed by atoms with Crippen LogP contribution in [0.5, 0.6) is 0 Å². The lowest BCUT2D eigenvalue weighted by atomic mass is 10.1. The van der Waals surface area contributed by atoms with Crippen LogP contribution < -0.4 is 0 Å². The third kappa shape index (κ3) is 1.68. The van der Waals surface area contributed by atoms with E-state index in [1.807, 2.05) is 48.9 Å². The summed E-state index contributed by atoms with van der Waals surface area (Å²) in [6.45, 7) is 3.92. The van der Waals surface area contributed by atoms with Gasteiger partial charge in [0.2, 0.25) is 5.78 Å². The average Bonchev–Trinajstić information content (AvgIpc) is 2.95. The van der Waals surface area contributed by atoms with E-state index in [0.29, 0.717) is 5.76 Å². The highest BCUT2D eigenvalue weighted by Gasteiger charge is 2.17. The van der Waals surface area contributed by atoms with Gasteiger partial charge in [-0.25, -0.2) is 0 Å². The van der Waals surface area contributed by atoms with Crippen molar-refractivity contribution in [1.82, 2.24) is 0 Å². The molecule has 1 aromatic carbocycles. The lowest BCUT2D eigenvalue weighted by Gasteiger charge is -1.95. The largest absolute Gasteiger partial charge is 0.452 e. The first-order valence-electron chi connectivity index (χ1n) is 5.73. The maximum absolute atomic E-state index is 12.3. The second-order valence-corrected chi connectivity index (χ2v) is 5.15. The molecular weight excluding hydrogens is 244 g/mol. The summed E-state index contributed by atoms with van der Waals surface area (Å²) in [4.78, 5) is 12.3. The van der Waals surface area contributed by atoms with Crippen LogP contribution >= 0.6 is 11.3 Å². The highest BCUT2D eigenvalue weighted by molar-refractivity contribution is 7.08. The quantitative estimate of drug-likeness (QED) is 0.638. The molecule has 90 valence electrons. The molecular formula is C15H12O2S. The Morgan fingerprint density at radius 1 is 1.17 bits per heavy atom. The van der Waals surface area contributed by atoms with Crippen molar-refractivity contribution in [2.45, 2.75) is 13.8 Å². The predicted molar refractivity (Wildman–Crippen MR) is 73.4 cm³/mol. The van der Waals surface area contributed by atoms with Gasteiger partial charge in [0.05, 0.1) is 0 Å². The molecule has 0 atom stereocenters. The zero-order valence-corrected chi connectivity index (χ0v) is 11.0. The lowest BCUT2D eigenvalue weighted by Crippen LogP contribution is -1.99. The number of aryl methyl sites for hydroxylation is 2. The minimum atomic E-state index is -0.0376. The molecule has 0 aliphatic carbocycles. The van der Waals surface area contributed by atoms with E-state index >= 15 is 0 Å². The smallest absolute Gasteiger partial charge is 0.229 e. The molecule has 0 spiro atoms. The monoisotopic (exact) mass is 256 g/mol. The number of carbonyl (C=O) groups excluding carboxylic acids is 1. The van der Waals surface area contributed by atoms with E-state index < -0.39 is 0 Å². The number of hydrogen-bond donors (Lipinski definition) is 0. The van der Waals surface area contributed by atoms with E-state index in [-0.39, 0.29) is 5.78 Å². The Morgan fingerprint density at radius 2 is 2.00 bits per heavy atom. The van der Waals surface area contributed by atoms with E-state index in [2.05, 4.69) is 0 Å². The molecule has 0 saturated carbocycles. The standard InChI is InChI=1S/C15H12O2S/c1-9-4-3-5-11-6-13(17-15(9)11)14(16)12-8-18-7-10(12)2/h3-8H,1-2H3. The summed E-state index contributed by atoms with van der Waals surface area (Å²) in [6, 6.07) is 7.73. The third-order valence-corrected chi connectivity index (χ3v) is 3.93. The van der Waals surface area contributed by atoms with Gasteiger partial charge in [-0.15, -0.1) is 0 Å². The zero-order valence-electron chi connectivity index (χ0n) is 10.2. The van der Waals surface area contributed by atoms with Crippen LogP contribution in [0.15, 0.2) is 39.4 Å². The van der Waals surface area contributed by atoms with Crippen molar-refractivity contribution in [3.8, 4) is 0 Å². The molecule has 0 radical (unpaired) electrons. The Hall–Kier alpha value is -1.87. The number of fused-ring (bicyclic) bond motifs is 1. The molecule has 3 aromatic rings. The van der Waals surface area contributed by atoms with E-state index in [4.69, 9.17) is 4.42 Å². The normalized spacial score (nSPS) is 11.0. The maximum Gasteiger partial charge on any atom is 0.229 e. The van der Waals surface area contributed by atoms with Crippen LogP contribution in [0, 0.1) is 13.8 Å². The second-order valence-electron chi connectivity index (χ2n) is 4.40. The molecule has 2 heterocycles. The van der Waals surface area contributed by atoms with E-state index in [9.17, 15) is 4.79 Å². The number of ketones is 1. The van der Waals surface area contributed by atoms with Crippen molar-refractivity contribution in [3.63, 3.8) is 0 Å². The van der Waals surface area contributed by atoms with Crippen LogP contribution in [-0.4, -0.2) is 5.78 Å². The van der Waals surface area contributed by atoms with E-state index in [0.717, 1.165) is 27.7 Å². The van der Waals surface area contributed by atoms with Crippen LogP contribution in [0.4, 0.5) is 0 Å². The highest BCUT2D eigenvalue weighted by atomic mass is 32.1. The van der Waals surface area contributed by atoms with Gasteiger partial charge in [-0.05, 0) is 36.4 Å². The van der Waals surface area contributed by atoms with Gasteiger partial charge in [0.25, 0.3) is 0 Å². The molecule has 2 aromatic heterocycles. The molecule has 0 fully saturated rings. The van der Waals surface area contributed by atoms with Crippen LogP contribution in [0.1, 0.15) is 27.2 Å².